The smallest absolute Gasteiger partial charge is 0.292 e. The molecule has 94 valence electrons. The molecule has 0 spiro atoms. The van der Waals surface area contributed by atoms with Crippen LogP contribution in [-0.2, 0) is 6.54 Å². The van der Waals surface area contributed by atoms with E-state index < -0.39 is 0 Å². The number of hydrogen-bond acceptors (Lipinski definition) is 3. The van der Waals surface area contributed by atoms with E-state index in [2.05, 4.69) is 5.16 Å². The van der Waals surface area contributed by atoms with Crippen LogP contribution in [0.4, 0.5) is 0 Å². The van der Waals surface area contributed by atoms with E-state index in [1.807, 2.05) is 18.2 Å². The summed E-state index contributed by atoms with van der Waals surface area (Å²) in [5.74, 6) is 0.0255. The molecule has 0 aliphatic rings. The Bertz CT molecular complexity index is 566. The molecular weight excluding hydrogens is 252 g/mol. The van der Waals surface area contributed by atoms with E-state index in [0.29, 0.717) is 17.3 Å². The van der Waals surface area contributed by atoms with Crippen LogP contribution < -0.4 is 0 Å². The van der Waals surface area contributed by atoms with Crippen LogP contribution in [0.2, 0.25) is 5.02 Å². The van der Waals surface area contributed by atoms with Crippen LogP contribution in [0.25, 0.3) is 0 Å². The van der Waals surface area contributed by atoms with Gasteiger partial charge in [-0.3, -0.25) is 4.79 Å². The second-order valence-electron chi connectivity index (χ2n) is 4.09. The fourth-order valence-electron chi connectivity index (χ4n) is 1.61. The quantitative estimate of drug-likeness (QED) is 0.856. The van der Waals surface area contributed by atoms with Crippen molar-refractivity contribution < 1.29 is 9.32 Å². The van der Waals surface area contributed by atoms with Crippen LogP contribution in [0.3, 0.4) is 0 Å². The number of nitrogens with zero attached hydrogens (tertiary/aromatic N) is 2. The van der Waals surface area contributed by atoms with Crippen molar-refractivity contribution in [2.24, 2.45) is 0 Å². The largest absolute Gasteiger partial charge is 0.351 e. The highest BCUT2D eigenvalue weighted by atomic mass is 35.5. The van der Waals surface area contributed by atoms with Crippen molar-refractivity contribution >= 4 is 17.5 Å². The van der Waals surface area contributed by atoms with Crippen LogP contribution in [0, 0.1) is 6.92 Å². The van der Waals surface area contributed by atoms with Gasteiger partial charge in [-0.05, 0) is 18.6 Å². The first-order chi connectivity index (χ1) is 8.58. The minimum atomic E-state index is -0.212. The summed E-state index contributed by atoms with van der Waals surface area (Å²) < 4.78 is 4.94. The minimum absolute atomic E-state index is 0.212. The maximum atomic E-state index is 12.0. The maximum Gasteiger partial charge on any atom is 0.292 e. The van der Waals surface area contributed by atoms with Crippen LogP contribution in [0.5, 0.6) is 0 Å². The number of rotatable bonds is 3. The van der Waals surface area contributed by atoms with E-state index in [9.17, 15) is 4.79 Å². The van der Waals surface area contributed by atoms with Crippen molar-refractivity contribution in [3.05, 3.63) is 52.4 Å². The van der Waals surface area contributed by atoms with Gasteiger partial charge in [-0.1, -0.05) is 35.0 Å². The molecule has 0 N–H and O–H groups in total. The number of halogens is 1. The summed E-state index contributed by atoms with van der Waals surface area (Å²) in [7, 11) is 1.70. The number of carbonyl (C=O) groups excluding carboxylic acids is 1. The standard InChI is InChI=1S/C13H13ClN2O2/c1-9-7-12(18-15-9)13(17)16(2)8-10-5-3-4-6-11(10)14/h3-7H,8H2,1-2H3. The molecule has 1 heterocycles. The molecule has 1 aromatic heterocycles. The zero-order chi connectivity index (χ0) is 13.1. The molecule has 0 saturated carbocycles. The first-order valence-corrected chi connectivity index (χ1v) is 5.88. The third-order valence-corrected chi connectivity index (χ3v) is 2.92. The highest BCUT2D eigenvalue weighted by molar-refractivity contribution is 6.31. The summed E-state index contributed by atoms with van der Waals surface area (Å²) in [6.07, 6.45) is 0. The van der Waals surface area contributed by atoms with Gasteiger partial charge in [0, 0.05) is 24.7 Å². The molecule has 2 rings (SSSR count). The third kappa shape index (κ3) is 2.71. The highest BCUT2D eigenvalue weighted by Gasteiger charge is 2.17. The van der Waals surface area contributed by atoms with Gasteiger partial charge < -0.3 is 9.42 Å². The van der Waals surface area contributed by atoms with Crippen molar-refractivity contribution in [3.63, 3.8) is 0 Å². The number of carbonyl (C=O) groups is 1. The predicted molar refractivity (Wildman–Crippen MR) is 68.5 cm³/mol. The molecule has 0 aliphatic carbocycles. The lowest BCUT2D eigenvalue weighted by atomic mass is 10.2. The van der Waals surface area contributed by atoms with Crippen molar-refractivity contribution in [3.8, 4) is 0 Å². The number of aromatic nitrogens is 1. The molecule has 0 unspecified atom stereocenters. The fraction of sp³-hybridized carbons (Fsp3) is 0.231. The number of aryl methyl sites for hydroxylation is 1. The predicted octanol–water partition coefficient (Wildman–Crippen LogP) is 2.91. The van der Waals surface area contributed by atoms with Gasteiger partial charge in [-0.2, -0.15) is 0 Å². The zero-order valence-corrected chi connectivity index (χ0v) is 10.9. The van der Waals surface area contributed by atoms with Crippen molar-refractivity contribution in [2.45, 2.75) is 13.5 Å². The molecule has 0 saturated heterocycles. The van der Waals surface area contributed by atoms with Crippen LogP contribution in [0.1, 0.15) is 21.8 Å². The van der Waals surface area contributed by atoms with Gasteiger partial charge in [-0.15, -0.1) is 0 Å². The summed E-state index contributed by atoms with van der Waals surface area (Å²) in [5, 5.41) is 4.34. The Labute approximate surface area is 110 Å². The molecule has 1 amide bonds. The van der Waals surface area contributed by atoms with E-state index in [1.54, 1.807) is 31.0 Å². The van der Waals surface area contributed by atoms with Gasteiger partial charge in [0.25, 0.3) is 5.91 Å². The van der Waals surface area contributed by atoms with Gasteiger partial charge in [0.05, 0.1) is 5.69 Å². The van der Waals surface area contributed by atoms with Gasteiger partial charge in [0.2, 0.25) is 5.76 Å². The van der Waals surface area contributed by atoms with Gasteiger partial charge >= 0.3 is 0 Å². The van der Waals surface area contributed by atoms with E-state index >= 15 is 0 Å². The Kier molecular flexibility index (Phi) is 3.67. The Morgan fingerprint density at radius 3 is 2.78 bits per heavy atom. The molecule has 0 radical (unpaired) electrons. The Hall–Kier alpha value is -1.81. The van der Waals surface area contributed by atoms with E-state index in [0.717, 1.165) is 5.56 Å². The van der Waals surface area contributed by atoms with E-state index in [-0.39, 0.29) is 11.7 Å². The van der Waals surface area contributed by atoms with Crippen LogP contribution >= 0.6 is 11.6 Å². The molecule has 2 aromatic rings. The summed E-state index contributed by atoms with van der Waals surface area (Å²) in [6.45, 7) is 2.20. The number of hydrogen-bond donors (Lipinski definition) is 0. The molecule has 4 nitrogen and oxygen atoms in total. The van der Waals surface area contributed by atoms with Crippen molar-refractivity contribution in [1.82, 2.24) is 10.1 Å². The Balaban J connectivity index is 2.11. The lowest BCUT2D eigenvalue weighted by molar-refractivity contribution is 0.0743. The summed E-state index contributed by atoms with van der Waals surface area (Å²) >= 11 is 6.05. The Morgan fingerprint density at radius 2 is 2.17 bits per heavy atom. The van der Waals surface area contributed by atoms with E-state index in [1.165, 1.54) is 0 Å². The van der Waals surface area contributed by atoms with Crippen molar-refractivity contribution in [2.75, 3.05) is 7.05 Å². The third-order valence-electron chi connectivity index (χ3n) is 2.55. The fourth-order valence-corrected chi connectivity index (χ4v) is 1.80. The van der Waals surface area contributed by atoms with Crippen molar-refractivity contribution in [1.29, 1.82) is 0 Å². The SMILES string of the molecule is Cc1cc(C(=O)N(C)Cc2ccccc2Cl)on1. The Morgan fingerprint density at radius 1 is 1.44 bits per heavy atom. The lowest BCUT2D eigenvalue weighted by Gasteiger charge is -2.16. The first-order valence-electron chi connectivity index (χ1n) is 5.50. The number of benzene rings is 1. The summed E-state index contributed by atoms with van der Waals surface area (Å²) in [5.41, 5.74) is 1.58. The number of amides is 1. The second kappa shape index (κ2) is 5.23. The molecule has 18 heavy (non-hydrogen) atoms. The molecule has 0 aliphatic heterocycles. The molecule has 0 atom stereocenters. The molecule has 5 heteroatoms. The van der Waals surface area contributed by atoms with Gasteiger partial charge in [0.1, 0.15) is 0 Å². The van der Waals surface area contributed by atoms with Crippen LogP contribution in [-0.4, -0.2) is 23.0 Å². The minimum Gasteiger partial charge on any atom is -0.351 e. The summed E-state index contributed by atoms with van der Waals surface area (Å²) in [4.78, 5) is 13.6. The molecule has 0 fully saturated rings. The molecular formula is C13H13ClN2O2. The normalized spacial score (nSPS) is 10.4. The zero-order valence-electron chi connectivity index (χ0n) is 10.2. The van der Waals surface area contributed by atoms with Gasteiger partial charge in [-0.25, -0.2) is 0 Å². The topological polar surface area (TPSA) is 46.3 Å². The first kappa shape index (κ1) is 12.6. The molecule has 0 bridgehead atoms. The maximum absolute atomic E-state index is 12.0. The average Bonchev–Trinajstić information content (AvgIpc) is 2.78. The van der Waals surface area contributed by atoms with Crippen LogP contribution in [0.15, 0.2) is 34.9 Å². The highest BCUT2D eigenvalue weighted by Crippen LogP contribution is 2.17. The molecule has 1 aromatic carbocycles. The van der Waals surface area contributed by atoms with Gasteiger partial charge in [0.15, 0.2) is 0 Å². The van der Waals surface area contributed by atoms with E-state index in [4.69, 9.17) is 16.1 Å². The second-order valence-corrected chi connectivity index (χ2v) is 4.49. The summed E-state index contributed by atoms with van der Waals surface area (Å²) in [6, 6.07) is 9.04. The average molecular weight is 265 g/mol. The monoisotopic (exact) mass is 264 g/mol. The lowest BCUT2D eigenvalue weighted by Crippen LogP contribution is -2.25.